The van der Waals surface area contributed by atoms with Gasteiger partial charge in [-0.1, -0.05) is 12.1 Å². The fourth-order valence-electron chi connectivity index (χ4n) is 2.47. The Labute approximate surface area is 144 Å². The third-order valence-electron chi connectivity index (χ3n) is 3.75. The number of carbonyl (C=O) groups excluding carboxylic acids is 1. The molecular formula is C19H26N4O. The molecule has 1 N–H and O–H groups in total. The first-order valence-electron chi connectivity index (χ1n) is 8.23. The Morgan fingerprint density at radius 2 is 2.00 bits per heavy atom. The second-order valence-corrected chi connectivity index (χ2v) is 6.08. The van der Waals surface area contributed by atoms with E-state index in [0.717, 1.165) is 30.0 Å². The second-order valence-electron chi connectivity index (χ2n) is 6.08. The summed E-state index contributed by atoms with van der Waals surface area (Å²) in [5.74, 6) is -0.0353. The lowest BCUT2D eigenvalue weighted by Crippen LogP contribution is -2.30. The average Bonchev–Trinajstić information content (AvgIpc) is 2.55. The summed E-state index contributed by atoms with van der Waals surface area (Å²) < 4.78 is 0. The van der Waals surface area contributed by atoms with Crippen LogP contribution >= 0.6 is 0 Å². The maximum atomic E-state index is 12.9. The number of likely N-dealkylation sites (N-methyl/N-ethyl adjacent to an activating group) is 1. The van der Waals surface area contributed by atoms with Crippen LogP contribution in [0.2, 0.25) is 0 Å². The molecule has 0 aliphatic carbocycles. The van der Waals surface area contributed by atoms with Gasteiger partial charge in [0.05, 0.1) is 11.3 Å². The number of anilines is 2. The standard InChI is InChI=1S/C19H26N4O/c1-5-23(18-8-6-7-15(2)11-18)19(24)16-12-17(14-20-13-16)21-9-10-22(3)4/h6-8,11-14,21H,5,9-10H2,1-4H3. The van der Waals surface area contributed by atoms with Crippen LogP contribution in [-0.4, -0.2) is 49.5 Å². The van der Waals surface area contributed by atoms with Crippen LogP contribution in [0.25, 0.3) is 0 Å². The molecule has 0 aliphatic heterocycles. The first-order valence-corrected chi connectivity index (χ1v) is 8.23. The first-order chi connectivity index (χ1) is 11.5. The monoisotopic (exact) mass is 326 g/mol. The number of pyridine rings is 1. The van der Waals surface area contributed by atoms with Gasteiger partial charge in [0.15, 0.2) is 0 Å². The van der Waals surface area contributed by atoms with E-state index < -0.39 is 0 Å². The Hall–Kier alpha value is -2.40. The number of hydrogen-bond acceptors (Lipinski definition) is 4. The molecule has 0 radical (unpaired) electrons. The van der Waals surface area contributed by atoms with E-state index >= 15 is 0 Å². The van der Waals surface area contributed by atoms with Crippen molar-refractivity contribution in [2.24, 2.45) is 0 Å². The van der Waals surface area contributed by atoms with Crippen LogP contribution in [0.1, 0.15) is 22.8 Å². The third kappa shape index (κ3) is 4.80. The SMILES string of the molecule is CCN(C(=O)c1cncc(NCCN(C)C)c1)c1cccc(C)c1. The second kappa shape index (κ2) is 8.45. The summed E-state index contributed by atoms with van der Waals surface area (Å²) in [4.78, 5) is 21.0. The lowest BCUT2D eigenvalue weighted by molar-refractivity contribution is 0.0988. The number of nitrogens with zero attached hydrogens (tertiary/aromatic N) is 3. The number of nitrogens with one attached hydrogen (secondary N) is 1. The lowest BCUT2D eigenvalue weighted by Gasteiger charge is -2.21. The van der Waals surface area contributed by atoms with Crippen molar-refractivity contribution >= 4 is 17.3 Å². The molecule has 0 bridgehead atoms. The normalized spacial score (nSPS) is 10.7. The van der Waals surface area contributed by atoms with Gasteiger partial charge in [0.2, 0.25) is 0 Å². The zero-order valence-electron chi connectivity index (χ0n) is 14.9. The van der Waals surface area contributed by atoms with Gasteiger partial charge in [0, 0.05) is 37.7 Å². The van der Waals surface area contributed by atoms with Crippen LogP contribution in [-0.2, 0) is 0 Å². The first kappa shape index (κ1) is 17.9. The quantitative estimate of drug-likeness (QED) is 0.850. The molecule has 1 aromatic carbocycles. The van der Waals surface area contributed by atoms with Gasteiger partial charge in [-0.2, -0.15) is 0 Å². The van der Waals surface area contributed by atoms with E-state index in [1.54, 1.807) is 17.3 Å². The minimum Gasteiger partial charge on any atom is -0.382 e. The molecule has 2 aromatic rings. The molecule has 0 spiro atoms. The van der Waals surface area contributed by atoms with E-state index in [4.69, 9.17) is 0 Å². The molecule has 1 heterocycles. The third-order valence-corrected chi connectivity index (χ3v) is 3.75. The molecular weight excluding hydrogens is 300 g/mol. The highest BCUT2D eigenvalue weighted by molar-refractivity contribution is 6.06. The molecule has 0 saturated heterocycles. The van der Waals surface area contributed by atoms with Crippen LogP contribution in [0.3, 0.4) is 0 Å². The molecule has 5 heteroatoms. The molecule has 5 nitrogen and oxygen atoms in total. The minimum absolute atomic E-state index is 0.0353. The Bertz CT molecular complexity index is 685. The van der Waals surface area contributed by atoms with Crippen molar-refractivity contribution in [3.05, 3.63) is 53.9 Å². The molecule has 1 aromatic heterocycles. The highest BCUT2D eigenvalue weighted by atomic mass is 16.2. The van der Waals surface area contributed by atoms with Crippen molar-refractivity contribution in [1.29, 1.82) is 0 Å². The van der Waals surface area contributed by atoms with Gasteiger partial charge in [-0.3, -0.25) is 9.78 Å². The fraction of sp³-hybridized carbons (Fsp3) is 0.368. The Kier molecular flexibility index (Phi) is 6.32. The van der Waals surface area contributed by atoms with Gasteiger partial charge in [0.1, 0.15) is 0 Å². The summed E-state index contributed by atoms with van der Waals surface area (Å²) >= 11 is 0. The van der Waals surface area contributed by atoms with E-state index in [-0.39, 0.29) is 5.91 Å². The molecule has 128 valence electrons. The molecule has 0 aliphatic rings. The highest BCUT2D eigenvalue weighted by Gasteiger charge is 2.17. The van der Waals surface area contributed by atoms with E-state index in [9.17, 15) is 4.79 Å². The number of carbonyl (C=O) groups is 1. The number of aryl methyl sites for hydroxylation is 1. The Balaban J connectivity index is 2.15. The topological polar surface area (TPSA) is 48.5 Å². The smallest absolute Gasteiger partial charge is 0.259 e. The average molecular weight is 326 g/mol. The van der Waals surface area contributed by atoms with Gasteiger partial charge in [-0.15, -0.1) is 0 Å². The molecule has 2 rings (SSSR count). The van der Waals surface area contributed by atoms with E-state index in [2.05, 4.69) is 15.2 Å². The maximum Gasteiger partial charge on any atom is 0.259 e. The molecule has 0 atom stereocenters. The summed E-state index contributed by atoms with van der Waals surface area (Å²) in [5.41, 5.74) is 3.50. The minimum atomic E-state index is -0.0353. The zero-order chi connectivity index (χ0) is 17.5. The van der Waals surface area contributed by atoms with Crippen molar-refractivity contribution in [2.75, 3.05) is 43.9 Å². The number of hydrogen-bond donors (Lipinski definition) is 1. The lowest BCUT2D eigenvalue weighted by atomic mass is 10.1. The van der Waals surface area contributed by atoms with Crippen molar-refractivity contribution in [3.63, 3.8) is 0 Å². The number of rotatable bonds is 7. The number of aromatic nitrogens is 1. The number of amides is 1. The summed E-state index contributed by atoms with van der Waals surface area (Å²) in [6.45, 7) is 6.34. The van der Waals surface area contributed by atoms with Crippen LogP contribution < -0.4 is 10.2 Å². The Morgan fingerprint density at radius 3 is 2.67 bits per heavy atom. The molecule has 24 heavy (non-hydrogen) atoms. The molecule has 0 unspecified atom stereocenters. The van der Waals surface area contributed by atoms with Gasteiger partial charge in [0.25, 0.3) is 5.91 Å². The summed E-state index contributed by atoms with van der Waals surface area (Å²) in [7, 11) is 4.06. The van der Waals surface area contributed by atoms with Crippen LogP contribution in [0.4, 0.5) is 11.4 Å². The van der Waals surface area contributed by atoms with Crippen molar-refractivity contribution in [1.82, 2.24) is 9.88 Å². The van der Waals surface area contributed by atoms with Gasteiger partial charge in [-0.25, -0.2) is 0 Å². The van der Waals surface area contributed by atoms with Crippen LogP contribution in [0.5, 0.6) is 0 Å². The summed E-state index contributed by atoms with van der Waals surface area (Å²) in [5, 5.41) is 3.30. The van der Waals surface area contributed by atoms with Crippen LogP contribution in [0, 0.1) is 6.92 Å². The van der Waals surface area contributed by atoms with Crippen molar-refractivity contribution < 1.29 is 4.79 Å². The molecule has 0 fully saturated rings. The van der Waals surface area contributed by atoms with E-state index in [0.29, 0.717) is 12.1 Å². The predicted molar refractivity (Wildman–Crippen MR) is 99.8 cm³/mol. The number of benzene rings is 1. The van der Waals surface area contributed by atoms with Crippen LogP contribution in [0.15, 0.2) is 42.7 Å². The fourth-order valence-corrected chi connectivity index (χ4v) is 2.47. The van der Waals surface area contributed by atoms with Gasteiger partial charge >= 0.3 is 0 Å². The van der Waals surface area contributed by atoms with Gasteiger partial charge < -0.3 is 15.1 Å². The van der Waals surface area contributed by atoms with E-state index in [1.165, 1.54) is 0 Å². The summed E-state index contributed by atoms with van der Waals surface area (Å²) in [6, 6.07) is 9.84. The maximum absolute atomic E-state index is 12.9. The molecule has 1 amide bonds. The predicted octanol–water partition coefficient (Wildman–Crippen LogP) is 3.03. The zero-order valence-corrected chi connectivity index (χ0v) is 14.9. The van der Waals surface area contributed by atoms with Gasteiger partial charge in [-0.05, 0) is 51.7 Å². The molecule has 0 saturated carbocycles. The largest absolute Gasteiger partial charge is 0.382 e. The van der Waals surface area contributed by atoms with Crippen molar-refractivity contribution in [2.45, 2.75) is 13.8 Å². The summed E-state index contributed by atoms with van der Waals surface area (Å²) in [6.07, 6.45) is 3.37. The highest BCUT2D eigenvalue weighted by Crippen LogP contribution is 2.19. The van der Waals surface area contributed by atoms with Crippen molar-refractivity contribution in [3.8, 4) is 0 Å². The Morgan fingerprint density at radius 1 is 1.21 bits per heavy atom. The van der Waals surface area contributed by atoms with E-state index in [1.807, 2.05) is 58.3 Å².